The Labute approximate surface area is 89.8 Å². The van der Waals surface area contributed by atoms with Crippen molar-refractivity contribution in [1.29, 1.82) is 0 Å². The normalized spacial score (nSPS) is 40.1. The fraction of sp³-hybridized carbons (Fsp3) is 0.889. The topological polar surface area (TPSA) is 78.3 Å². The van der Waals surface area contributed by atoms with Crippen LogP contribution < -0.4 is 11.5 Å². The highest BCUT2D eigenvalue weighted by atomic mass is 35.5. The molecule has 4 nitrogen and oxygen atoms in total. The molecule has 1 amide bonds. The van der Waals surface area contributed by atoms with Crippen LogP contribution in [0.3, 0.4) is 0 Å². The number of ether oxygens (including phenoxy) is 1. The molecule has 0 aromatic rings. The van der Waals surface area contributed by atoms with Gasteiger partial charge in [0.15, 0.2) is 0 Å². The van der Waals surface area contributed by atoms with Crippen LogP contribution in [0.15, 0.2) is 0 Å². The van der Waals surface area contributed by atoms with E-state index in [-0.39, 0.29) is 18.5 Å². The average molecular weight is 221 g/mol. The molecular formula is C9H17ClN2O2. The first-order valence-electron chi connectivity index (χ1n) is 4.88. The summed E-state index contributed by atoms with van der Waals surface area (Å²) in [6, 6.07) is 0.327. The molecule has 2 rings (SSSR count). The smallest absolute Gasteiger partial charge is 0.404 e. The van der Waals surface area contributed by atoms with Crippen molar-refractivity contribution in [2.45, 2.75) is 37.8 Å². The number of nitrogens with two attached hydrogens (primary N) is 2. The molecule has 4 N–H and O–H groups in total. The van der Waals surface area contributed by atoms with Crippen LogP contribution in [0.25, 0.3) is 0 Å². The van der Waals surface area contributed by atoms with Crippen molar-refractivity contribution in [3.63, 3.8) is 0 Å². The highest BCUT2D eigenvalue weighted by Gasteiger charge is 2.41. The molecule has 0 saturated heterocycles. The van der Waals surface area contributed by atoms with Gasteiger partial charge in [-0.05, 0) is 37.5 Å². The standard InChI is InChI=1S/C9H16N2O2.ClH/c10-8-5-1-2-6(8)4-7(3-5)13-9(11)12;/h5-8H,1-4,10H2,(H2,11,12);1H. The van der Waals surface area contributed by atoms with Crippen LogP contribution in [-0.2, 0) is 4.74 Å². The number of carbonyl (C=O) groups excluding carboxylic acids is 1. The molecule has 0 aromatic heterocycles. The molecule has 2 atom stereocenters. The lowest BCUT2D eigenvalue weighted by atomic mass is 9.83. The van der Waals surface area contributed by atoms with Gasteiger partial charge in [-0.15, -0.1) is 12.4 Å². The quantitative estimate of drug-likeness (QED) is 0.693. The van der Waals surface area contributed by atoms with Crippen molar-refractivity contribution < 1.29 is 9.53 Å². The molecule has 2 saturated carbocycles. The maximum atomic E-state index is 10.6. The van der Waals surface area contributed by atoms with Crippen molar-refractivity contribution in [2.24, 2.45) is 23.3 Å². The van der Waals surface area contributed by atoms with Gasteiger partial charge >= 0.3 is 6.09 Å². The number of hydrogen-bond acceptors (Lipinski definition) is 3. The van der Waals surface area contributed by atoms with Crippen molar-refractivity contribution in [3.05, 3.63) is 0 Å². The number of amides is 1. The molecule has 0 heterocycles. The van der Waals surface area contributed by atoms with Crippen LogP contribution in [0, 0.1) is 11.8 Å². The monoisotopic (exact) mass is 220 g/mol. The number of rotatable bonds is 1. The second-order valence-electron chi connectivity index (χ2n) is 4.21. The summed E-state index contributed by atoms with van der Waals surface area (Å²) >= 11 is 0. The Morgan fingerprint density at radius 2 is 1.71 bits per heavy atom. The van der Waals surface area contributed by atoms with Crippen LogP contribution in [-0.4, -0.2) is 18.2 Å². The highest BCUT2D eigenvalue weighted by Crippen LogP contribution is 2.42. The largest absolute Gasteiger partial charge is 0.446 e. The minimum atomic E-state index is -0.653. The van der Waals surface area contributed by atoms with Crippen LogP contribution in [0.1, 0.15) is 25.7 Å². The van der Waals surface area contributed by atoms with Crippen molar-refractivity contribution in [2.75, 3.05) is 0 Å². The Kier molecular flexibility index (Phi) is 3.61. The molecule has 2 aliphatic carbocycles. The second kappa shape index (κ2) is 4.36. The lowest BCUT2D eigenvalue weighted by Gasteiger charge is -2.32. The van der Waals surface area contributed by atoms with Crippen LogP contribution in [0.4, 0.5) is 4.79 Å². The maximum absolute atomic E-state index is 10.6. The lowest BCUT2D eigenvalue weighted by Crippen LogP contribution is -2.41. The number of fused-ring (bicyclic) bond motifs is 2. The van der Waals surface area contributed by atoms with Gasteiger partial charge in [-0.2, -0.15) is 0 Å². The molecule has 2 fully saturated rings. The summed E-state index contributed by atoms with van der Waals surface area (Å²) in [5.41, 5.74) is 11.0. The molecule has 0 aromatic carbocycles. The fourth-order valence-electron chi connectivity index (χ4n) is 2.78. The van der Waals surface area contributed by atoms with E-state index in [1.54, 1.807) is 0 Å². The molecule has 0 aliphatic heterocycles. The van der Waals surface area contributed by atoms with Crippen LogP contribution in [0.5, 0.6) is 0 Å². The first kappa shape index (κ1) is 11.6. The molecule has 14 heavy (non-hydrogen) atoms. The highest BCUT2D eigenvalue weighted by molar-refractivity contribution is 5.85. The average Bonchev–Trinajstić information content (AvgIpc) is 2.33. The van der Waals surface area contributed by atoms with E-state index in [0.717, 1.165) is 12.8 Å². The Bertz CT molecular complexity index is 211. The van der Waals surface area contributed by atoms with E-state index in [4.69, 9.17) is 16.2 Å². The van der Waals surface area contributed by atoms with Crippen molar-refractivity contribution >= 4 is 18.5 Å². The van der Waals surface area contributed by atoms with E-state index in [1.165, 1.54) is 12.8 Å². The van der Waals surface area contributed by atoms with Gasteiger partial charge in [0.2, 0.25) is 0 Å². The Hall–Kier alpha value is -0.480. The predicted molar refractivity (Wildman–Crippen MR) is 55.1 cm³/mol. The van der Waals surface area contributed by atoms with Crippen molar-refractivity contribution in [1.82, 2.24) is 0 Å². The molecule has 2 bridgehead atoms. The minimum Gasteiger partial charge on any atom is -0.446 e. The van der Waals surface area contributed by atoms with Gasteiger partial charge in [0, 0.05) is 6.04 Å². The van der Waals surface area contributed by atoms with E-state index >= 15 is 0 Å². The first-order valence-corrected chi connectivity index (χ1v) is 4.88. The Morgan fingerprint density at radius 3 is 2.14 bits per heavy atom. The minimum absolute atomic E-state index is 0. The third-order valence-corrected chi connectivity index (χ3v) is 3.41. The van der Waals surface area contributed by atoms with Crippen LogP contribution in [0.2, 0.25) is 0 Å². The summed E-state index contributed by atoms with van der Waals surface area (Å²) in [5, 5.41) is 0. The Morgan fingerprint density at radius 1 is 1.21 bits per heavy atom. The zero-order chi connectivity index (χ0) is 9.42. The third kappa shape index (κ3) is 2.12. The van der Waals surface area contributed by atoms with Gasteiger partial charge in [-0.1, -0.05) is 0 Å². The van der Waals surface area contributed by atoms with Crippen LogP contribution >= 0.6 is 12.4 Å². The van der Waals surface area contributed by atoms with Gasteiger partial charge < -0.3 is 16.2 Å². The van der Waals surface area contributed by atoms with E-state index < -0.39 is 6.09 Å². The fourth-order valence-corrected chi connectivity index (χ4v) is 2.78. The van der Waals surface area contributed by atoms with Gasteiger partial charge in [-0.3, -0.25) is 0 Å². The Balaban J connectivity index is 0.000000980. The first-order chi connectivity index (χ1) is 6.16. The maximum Gasteiger partial charge on any atom is 0.404 e. The number of halogens is 1. The van der Waals surface area contributed by atoms with Gasteiger partial charge in [0.1, 0.15) is 6.10 Å². The SMILES string of the molecule is Cl.NC(=O)OC1CC2CCC(C1)C2N. The predicted octanol–water partition coefficient (Wildman–Crippen LogP) is 1.02. The number of carbonyl (C=O) groups is 1. The molecule has 0 spiro atoms. The summed E-state index contributed by atoms with van der Waals surface area (Å²) in [7, 11) is 0. The molecule has 82 valence electrons. The summed E-state index contributed by atoms with van der Waals surface area (Å²) in [6.45, 7) is 0. The second-order valence-corrected chi connectivity index (χ2v) is 4.21. The summed E-state index contributed by atoms with van der Waals surface area (Å²) in [5.74, 6) is 1.09. The number of hydrogen-bond donors (Lipinski definition) is 2. The molecular weight excluding hydrogens is 204 g/mol. The molecule has 2 unspecified atom stereocenters. The molecule has 5 heteroatoms. The van der Waals surface area contributed by atoms with E-state index in [1.807, 2.05) is 0 Å². The van der Waals surface area contributed by atoms with Gasteiger partial charge in [0.05, 0.1) is 0 Å². The molecule has 0 radical (unpaired) electrons. The van der Waals surface area contributed by atoms with E-state index in [9.17, 15) is 4.79 Å². The van der Waals surface area contributed by atoms with Gasteiger partial charge in [0.25, 0.3) is 0 Å². The van der Waals surface area contributed by atoms with Gasteiger partial charge in [-0.25, -0.2) is 4.79 Å². The zero-order valence-corrected chi connectivity index (χ0v) is 8.83. The zero-order valence-electron chi connectivity index (χ0n) is 8.02. The van der Waals surface area contributed by atoms with Crippen molar-refractivity contribution in [3.8, 4) is 0 Å². The molecule has 2 aliphatic rings. The number of primary amides is 1. The summed E-state index contributed by atoms with van der Waals surface area (Å²) < 4.78 is 5.00. The summed E-state index contributed by atoms with van der Waals surface area (Å²) in [6.07, 6.45) is 3.55. The van der Waals surface area contributed by atoms with E-state index in [0.29, 0.717) is 17.9 Å². The lowest BCUT2D eigenvalue weighted by molar-refractivity contribution is 0.0557. The summed E-state index contributed by atoms with van der Waals surface area (Å²) in [4.78, 5) is 10.6. The third-order valence-electron chi connectivity index (χ3n) is 3.41. The van der Waals surface area contributed by atoms with E-state index in [2.05, 4.69) is 0 Å².